The summed E-state index contributed by atoms with van der Waals surface area (Å²) in [6.07, 6.45) is 2.59. The van der Waals surface area contributed by atoms with E-state index in [-0.39, 0.29) is 18.0 Å². The van der Waals surface area contributed by atoms with Crippen LogP contribution in [0.1, 0.15) is 81.1 Å². The van der Waals surface area contributed by atoms with Gasteiger partial charge in [0.05, 0.1) is 18.3 Å². The zero-order valence-corrected chi connectivity index (χ0v) is 27.6. The van der Waals surface area contributed by atoms with Crippen LogP contribution in [0.3, 0.4) is 0 Å². The molecule has 0 rings (SSSR count). The van der Waals surface area contributed by atoms with Crippen LogP contribution in [0.2, 0.25) is 36.3 Å². The van der Waals surface area contributed by atoms with Gasteiger partial charge in [-0.1, -0.05) is 54.5 Å². The van der Waals surface area contributed by atoms with Gasteiger partial charge in [0.1, 0.15) is 6.10 Å². The van der Waals surface area contributed by atoms with Gasteiger partial charge >= 0.3 is 0 Å². The molecule has 0 aliphatic heterocycles. The minimum atomic E-state index is -2.05. The maximum absolute atomic E-state index is 12.9. The fourth-order valence-corrected chi connectivity index (χ4v) is 10.7. The number of ketones is 1. The van der Waals surface area contributed by atoms with Gasteiger partial charge < -0.3 is 18.7 Å². The summed E-state index contributed by atoms with van der Waals surface area (Å²) in [6.45, 7) is 17.1. The number of aliphatic hydroxyl groups is 1. The van der Waals surface area contributed by atoms with Gasteiger partial charge in [0.25, 0.3) is 0 Å². The Labute approximate surface area is 226 Å². The maximum Gasteiger partial charge on any atom is 0.193 e. The van der Waals surface area contributed by atoms with Gasteiger partial charge in [-0.25, -0.2) is 0 Å². The van der Waals surface area contributed by atoms with Crippen molar-refractivity contribution in [3.63, 3.8) is 0 Å². The molecule has 0 aromatic rings. The smallest absolute Gasteiger partial charge is 0.193 e. The predicted molar refractivity (Wildman–Crippen MR) is 158 cm³/mol. The molecule has 8 heteroatoms. The Hall–Kier alpha value is 0.414. The van der Waals surface area contributed by atoms with E-state index in [9.17, 15) is 9.90 Å². The van der Waals surface area contributed by atoms with Gasteiger partial charge in [-0.05, 0) is 82.2 Å². The van der Waals surface area contributed by atoms with Crippen molar-refractivity contribution in [2.45, 2.75) is 142 Å². The zero-order valence-electron chi connectivity index (χ0n) is 23.4. The first kappa shape index (κ1) is 34.4. The van der Waals surface area contributed by atoms with E-state index in [1.165, 1.54) is 3.58 Å². The molecule has 0 saturated carbocycles. The standard InChI is InChI=1S/C26H53IO5Si2/c1-10-22(28)26(32-34(14-5,15-6)16-7)23(29)20-25(30-9)24(19-17-18-21(8)27)31-33(11-2,12-3)13-4/h18,23-26,29H,10-17,19-20H2,1-9H3/b21-18+/t23-,24-,25-,26-/m0/s1. The van der Waals surface area contributed by atoms with Crippen LogP contribution in [-0.4, -0.2) is 59.1 Å². The first-order valence-electron chi connectivity index (χ1n) is 13.5. The fourth-order valence-electron chi connectivity index (χ4n) is 4.68. The number of carbonyl (C=O) groups excluding carboxylic acids is 1. The van der Waals surface area contributed by atoms with Crippen LogP contribution >= 0.6 is 22.6 Å². The molecule has 0 spiro atoms. The Morgan fingerprint density at radius 1 is 0.882 bits per heavy atom. The van der Waals surface area contributed by atoms with E-state index in [0.29, 0.717) is 12.8 Å². The Bertz CT molecular complexity index is 573. The molecule has 0 unspecified atom stereocenters. The largest absolute Gasteiger partial charge is 0.411 e. The molecule has 202 valence electrons. The maximum atomic E-state index is 12.9. The van der Waals surface area contributed by atoms with Crippen LogP contribution in [0, 0.1) is 0 Å². The van der Waals surface area contributed by atoms with E-state index in [2.05, 4.69) is 77.1 Å². The highest BCUT2D eigenvalue weighted by atomic mass is 127. The van der Waals surface area contributed by atoms with E-state index < -0.39 is 28.8 Å². The second kappa shape index (κ2) is 17.8. The average molecular weight is 629 g/mol. The second-order valence-electron chi connectivity index (χ2n) is 9.45. The first-order chi connectivity index (χ1) is 16.1. The van der Waals surface area contributed by atoms with E-state index >= 15 is 0 Å². The number of aliphatic hydroxyl groups excluding tert-OH is 1. The van der Waals surface area contributed by atoms with Crippen LogP contribution in [0.4, 0.5) is 0 Å². The number of carbonyl (C=O) groups is 1. The lowest BCUT2D eigenvalue weighted by atomic mass is 9.97. The third-order valence-electron chi connectivity index (χ3n) is 7.73. The molecular formula is C26H53IO5Si2. The van der Waals surface area contributed by atoms with Crippen LogP contribution in [0.15, 0.2) is 9.66 Å². The Morgan fingerprint density at radius 3 is 1.74 bits per heavy atom. The zero-order chi connectivity index (χ0) is 26.4. The topological polar surface area (TPSA) is 65.0 Å². The molecule has 1 N–H and O–H groups in total. The molecule has 0 aliphatic rings. The van der Waals surface area contributed by atoms with Crippen molar-refractivity contribution in [1.29, 1.82) is 0 Å². The predicted octanol–water partition coefficient (Wildman–Crippen LogP) is 7.63. The number of ether oxygens (including phenoxy) is 1. The van der Waals surface area contributed by atoms with Gasteiger partial charge in [-0.3, -0.25) is 4.79 Å². The van der Waals surface area contributed by atoms with Crippen molar-refractivity contribution in [2.75, 3.05) is 7.11 Å². The van der Waals surface area contributed by atoms with Crippen molar-refractivity contribution in [3.8, 4) is 0 Å². The number of rotatable bonds is 20. The van der Waals surface area contributed by atoms with E-state index in [1.807, 2.05) is 6.92 Å². The van der Waals surface area contributed by atoms with E-state index in [0.717, 1.165) is 49.1 Å². The van der Waals surface area contributed by atoms with Gasteiger partial charge in [-0.15, -0.1) is 0 Å². The normalized spacial score (nSPS) is 16.9. The number of allylic oxidation sites excluding steroid dienone is 2. The Kier molecular flexibility index (Phi) is 18.0. The quantitative estimate of drug-likeness (QED) is 0.111. The second-order valence-corrected chi connectivity index (χ2v) is 20.6. The molecule has 0 radical (unpaired) electrons. The molecule has 0 amide bonds. The van der Waals surface area contributed by atoms with Gasteiger partial charge in [0.2, 0.25) is 0 Å². The van der Waals surface area contributed by atoms with Gasteiger partial charge in [0, 0.05) is 20.0 Å². The molecule has 5 nitrogen and oxygen atoms in total. The average Bonchev–Trinajstić information content (AvgIpc) is 2.85. The van der Waals surface area contributed by atoms with Crippen molar-refractivity contribution in [1.82, 2.24) is 0 Å². The minimum absolute atomic E-state index is 0.0186. The highest BCUT2D eigenvalue weighted by molar-refractivity contribution is 14.1. The number of Topliss-reactive ketones (excluding diaryl/α,β-unsaturated/α-hetero) is 1. The van der Waals surface area contributed by atoms with Crippen molar-refractivity contribution in [3.05, 3.63) is 9.66 Å². The molecule has 0 saturated heterocycles. The first-order valence-corrected chi connectivity index (χ1v) is 19.6. The summed E-state index contributed by atoms with van der Waals surface area (Å²) < 4.78 is 20.7. The lowest BCUT2D eigenvalue weighted by Crippen LogP contribution is -2.50. The molecule has 34 heavy (non-hydrogen) atoms. The molecule has 0 bridgehead atoms. The molecule has 0 aromatic carbocycles. The third kappa shape index (κ3) is 10.8. The number of halogens is 1. The van der Waals surface area contributed by atoms with Gasteiger partial charge in [0.15, 0.2) is 22.4 Å². The molecule has 0 aliphatic carbocycles. The van der Waals surface area contributed by atoms with Gasteiger partial charge in [-0.2, -0.15) is 0 Å². The highest BCUT2D eigenvalue weighted by Crippen LogP contribution is 2.30. The Balaban J connectivity index is 5.91. The lowest BCUT2D eigenvalue weighted by molar-refractivity contribution is -0.133. The number of methoxy groups -OCH3 is 1. The summed E-state index contributed by atoms with van der Waals surface area (Å²) in [5, 5.41) is 11.3. The SMILES string of the molecule is CCC(=O)[C@H](O[Si](CC)(CC)CC)[C@@H](O)C[C@H](OC)[C@H](CC/C=C(\C)I)O[Si](CC)(CC)CC. The van der Waals surface area contributed by atoms with E-state index in [1.54, 1.807) is 7.11 Å². The van der Waals surface area contributed by atoms with Crippen LogP contribution < -0.4 is 0 Å². The molecule has 0 heterocycles. The summed E-state index contributed by atoms with van der Waals surface area (Å²) in [5.41, 5.74) is 0. The summed E-state index contributed by atoms with van der Waals surface area (Å²) >= 11 is 2.34. The highest BCUT2D eigenvalue weighted by Gasteiger charge is 2.40. The minimum Gasteiger partial charge on any atom is -0.411 e. The summed E-state index contributed by atoms with van der Waals surface area (Å²) in [7, 11) is -2.23. The summed E-state index contributed by atoms with van der Waals surface area (Å²) in [6, 6.07) is 6.02. The van der Waals surface area contributed by atoms with Crippen LogP contribution in [-0.2, 0) is 18.4 Å². The van der Waals surface area contributed by atoms with Crippen molar-refractivity contribution >= 4 is 45.0 Å². The van der Waals surface area contributed by atoms with E-state index in [4.69, 9.17) is 13.6 Å². The Morgan fingerprint density at radius 2 is 1.35 bits per heavy atom. The number of hydrogen-bond donors (Lipinski definition) is 1. The van der Waals surface area contributed by atoms with Crippen molar-refractivity contribution < 1.29 is 23.5 Å². The molecule has 0 aromatic heterocycles. The lowest BCUT2D eigenvalue weighted by Gasteiger charge is -2.39. The summed E-state index contributed by atoms with van der Waals surface area (Å²) in [4.78, 5) is 12.9. The van der Waals surface area contributed by atoms with Crippen molar-refractivity contribution in [2.24, 2.45) is 0 Å². The number of hydrogen-bond acceptors (Lipinski definition) is 5. The molecular weight excluding hydrogens is 575 g/mol. The molecule has 4 atom stereocenters. The third-order valence-corrected chi connectivity index (χ3v) is 17.5. The van der Waals surface area contributed by atoms with Crippen LogP contribution in [0.25, 0.3) is 0 Å². The fraction of sp³-hybridized carbons (Fsp3) is 0.885. The monoisotopic (exact) mass is 628 g/mol. The molecule has 0 fully saturated rings. The van der Waals surface area contributed by atoms with Crippen LogP contribution in [0.5, 0.6) is 0 Å². The summed E-state index contributed by atoms with van der Waals surface area (Å²) in [5.74, 6) is -0.0186.